The van der Waals surface area contributed by atoms with Crippen LogP contribution in [0.5, 0.6) is 0 Å². The molecular weight excluding hydrogens is 633 g/mol. The average Bonchev–Trinajstić information content (AvgIpc) is 3.03. The predicted molar refractivity (Wildman–Crippen MR) is 211 cm³/mol. The van der Waals surface area contributed by atoms with Gasteiger partial charge in [-0.1, -0.05) is 140 Å². The maximum absolute atomic E-state index is 14.6. The molecule has 2 amide bonds. The van der Waals surface area contributed by atoms with Gasteiger partial charge in [-0.25, -0.2) is 0 Å². The van der Waals surface area contributed by atoms with Crippen LogP contribution in [0.2, 0.25) is 0 Å². The molecule has 0 aliphatic rings. The van der Waals surface area contributed by atoms with E-state index < -0.39 is 40.5 Å². The van der Waals surface area contributed by atoms with E-state index in [1.54, 1.807) is 13.8 Å². The minimum atomic E-state index is -1.56. The number of carbonyl (C=O) groups excluding carboxylic acids is 2. The lowest BCUT2D eigenvalue weighted by Crippen LogP contribution is -2.56. The summed E-state index contributed by atoms with van der Waals surface area (Å²) in [6, 6.07) is 26.4. The maximum Gasteiger partial charge on any atom is 0.235 e. The molecule has 0 unspecified atom stereocenters. The first kappa shape index (κ1) is 40.0. The van der Waals surface area contributed by atoms with Gasteiger partial charge in [0.15, 0.2) is 0 Å². The Kier molecular flexibility index (Phi) is 12.8. The Labute approximate surface area is 306 Å². The Bertz CT molecular complexity index is 1630. The summed E-state index contributed by atoms with van der Waals surface area (Å²) in [5, 5.41) is 35.6. The van der Waals surface area contributed by atoms with Crippen LogP contribution in [0.1, 0.15) is 118 Å². The van der Waals surface area contributed by atoms with Crippen molar-refractivity contribution in [3.8, 4) is 0 Å². The third-order valence-electron chi connectivity index (χ3n) is 10.1. The fourth-order valence-electron chi connectivity index (χ4n) is 8.20. The number of nitrogens with one attached hydrogen (secondary N) is 2. The van der Waals surface area contributed by atoms with Crippen LogP contribution in [0, 0.1) is 29.1 Å². The number of carbonyl (C=O) groups is 2. The van der Waals surface area contributed by atoms with Gasteiger partial charge in [0.25, 0.3) is 0 Å². The first-order chi connectivity index (χ1) is 23.9. The summed E-state index contributed by atoms with van der Waals surface area (Å²) in [4.78, 5) is 29.3. The Morgan fingerprint density at radius 1 is 0.510 bits per heavy atom. The minimum absolute atomic E-state index is 0.153. The smallest absolute Gasteiger partial charge is 0.235 e. The predicted octanol–water partition coefficient (Wildman–Crippen LogP) is 9.68. The summed E-state index contributed by atoms with van der Waals surface area (Å²) in [5.41, 5.74) is -2.49. The highest BCUT2D eigenvalue weighted by Gasteiger charge is 2.47. The third-order valence-corrected chi connectivity index (χ3v) is 10.1. The van der Waals surface area contributed by atoms with E-state index in [0.29, 0.717) is 25.7 Å². The quantitative estimate of drug-likeness (QED) is 0.0878. The first-order valence-electron chi connectivity index (χ1n) is 18.9. The molecule has 4 aromatic rings. The molecule has 0 heterocycles. The monoisotopic (exact) mass is 694 g/mol. The zero-order valence-corrected chi connectivity index (χ0v) is 32.6. The molecule has 0 saturated carbocycles. The second kappa shape index (κ2) is 16.3. The Hall–Kier alpha value is -3.74. The van der Waals surface area contributed by atoms with E-state index in [9.17, 15) is 19.8 Å². The van der Waals surface area contributed by atoms with Crippen molar-refractivity contribution in [1.29, 1.82) is 0 Å². The number of amides is 2. The molecule has 0 aromatic heterocycles. The van der Waals surface area contributed by atoms with Crippen molar-refractivity contribution in [3.63, 3.8) is 0 Å². The maximum atomic E-state index is 14.6. The highest BCUT2D eigenvalue weighted by Crippen LogP contribution is 2.42. The molecule has 276 valence electrons. The second-order valence-electron chi connectivity index (χ2n) is 17.2. The van der Waals surface area contributed by atoms with Gasteiger partial charge in [0, 0.05) is 0 Å². The number of hydrogen-bond acceptors (Lipinski definition) is 4. The van der Waals surface area contributed by atoms with Crippen molar-refractivity contribution in [2.45, 2.75) is 118 Å². The van der Waals surface area contributed by atoms with E-state index >= 15 is 0 Å². The number of fused-ring (bicyclic) bond motifs is 2. The van der Waals surface area contributed by atoms with E-state index in [-0.39, 0.29) is 23.7 Å². The summed E-state index contributed by atoms with van der Waals surface area (Å²) < 4.78 is 0. The van der Waals surface area contributed by atoms with Crippen LogP contribution in [-0.4, -0.2) is 33.2 Å². The summed E-state index contributed by atoms with van der Waals surface area (Å²) in [6.07, 6.45) is 1.86. The van der Waals surface area contributed by atoms with Crippen molar-refractivity contribution in [2.75, 3.05) is 0 Å². The fourth-order valence-corrected chi connectivity index (χ4v) is 8.20. The fraction of sp³-hybridized carbons (Fsp3) is 0.511. The number of aliphatic hydroxyl groups is 2. The van der Waals surface area contributed by atoms with Gasteiger partial charge in [-0.05, 0) is 95.9 Å². The standard InChI is InChI=1S/C45H62N2O4/c1-29(2)25-44(50,26-30(3)4)39(37-23-15-19-33-17-11-13-21-35(33)37)46-41(48)43(9,10)42(49)47-40(45(51,27-31(5)6)28-32(7)8)38-24-16-20-34-18-12-14-22-36(34)38/h11-24,29-32,39-40,50-51H,25-28H2,1-10H3,(H,46,48)(H,47,49)/t39-,40-/m0/s1. The lowest BCUT2D eigenvalue weighted by atomic mass is 9.75. The summed E-state index contributed by atoms with van der Waals surface area (Å²) in [6.45, 7) is 19.9. The number of hydrogen-bond donors (Lipinski definition) is 4. The molecule has 6 heteroatoms. The summed E-state index contributed by atoms with van der Waals surface area (Å²) in [7, 11) is 0. The Balaban J connectivity index is 1.81. The molecular formula is C45H62N2O4. The van der Waals surface area contributed by atoms with Crippen LogP contribution in [-0.2, 0) is 9.59 Å². The Morgan fingerprint density at radius 3 is 1.12 bits per heavy atom. The van der Waals surface area contributed by atoms with E-state index in [2.05, 4.69) is 66.0 Å². The normalized spacial score (nSPS) is 14.1. The molecule has 0 fully saturated rings. The topological polar surface area (TPSA) is 98.7 Å². The van der Waals surface area contributed by atoms with Gasteiger partial charge in [-0.2, -0.15) is 0 Å². The summed E-state index contributed by atoms with van der Waals surface area (Å²) in [5.74, 6) is -0.365. The van der Waals surface area contributed by atoms with Crippen LogP contribution in [0.4, 0.5) is 0 Å². The Morgan fingerprint density at radius 2 is 0.804 bits per heavy atom. The van der Waals surface area contributed by atoms with Crippen LogP contribution in [0.15, 0.2) is 84.9 Å². The van der Waals surface area contributed by atoms with Crippen molar-refractivity contribution >= 4 is 33.4 Å². The largest absolute Gasteiger partial charge is 0.387 e. The van der Waals surface area contributed by atoms with Crippen molar-refractivity contribution in [2.24, 2.45) is 29.1 Å². The molecule has 6 nitrogen and oxygen atoms in total. The molecule has 2 atom stereocenters. The molecule has 0 saturated heterocycles. The van der Waals surface area contributed by atoms with Crippen LogP contribution in [0.25, 0.3) is 21.5 Å². The second-order valence-corrected chi connectivity index (χ2v) is 17.2. The van der Waals surface area contributed by atoms with Crippen LogP contribution < -0.4 is 10.6 Å². The highest BCUT2D eigenvalue weighted by molar-refractivity contribution is 6.05. The number of rotatable bonds is 16. The molecule has 0 radical (unpaired) electrons. The minimum Gasteiger partial charge on any atom is -0.387 e. The SMILES string of the molecule is CC(C)CC(O)(CC(C)C)[C@@H](NC(=O)C(C)(C)C(=O)N[C@@H](c1cccc2ccccc12)C(O)(CC(C)C)CC(C)C)c1cccc2ccccc12. The molecule has 0 aliphatic carbocycles. The van der Waals surface area contributed by atoms with E-state index in [4.69, 9.17) is 0 Å². The zero-order chi connectivity index (χ0) is 37.7. The average molecular weight is 695 g/mol. The molecule has 4 rings (SSSR count). The van der Waals surface area contributed by atoms with Gasteiger partial charge < -0.3 is 20.8 Å². The van der Waals surface area contributed by atoms with Gasteiger partial charge in [0.05, 0.1) is 23.3 Å². The molecule has 0 spiro atoms. The third kappa shape index (κ3) is 9.39. The van der Waals surface area contributed by atoms with Crippen molar-refractivity contribution in [3.05, 3.63) is 96.1 Å². The van der Waals surface area contributed by atoms with E-state index in [0.717, 1.165) is 32.7 Å². The lowest BCUT2D eigenvalue weighted by molar-refractivity contribution is -0.146. The zero-order valence-electron chi connectivity index (χ0n) is 32.6. The lowest BCUT2D eigenvalue weighted by Gasteiger charge is -2.42. The molecule has 0 bridgehead atoms. The van der Waals surface area contributed by atoms with Crippen LogP contribution >= 0.6 is 0 Å². The van der Waals surface area contributed by atoms with Gasteiger partial charge in [0.1, 0.15) is 5.41 Å². The van der Waals surface area contributed by atoms with Crippen molar-refractivity contribution < 1.29 is 19.8 Å². The van der Waals surface area contributed by atoms with E-state index in [1.165, 1.54) is 0 Å². The summed E-state index contributed by atoms with van der Waals surface area (Å²) >= 11 is 0. The molecule has 4 N–H and O–H groups in total. The molecule has 51 heavy (non-hydrogen) atoms. The first-order valence-corrected chi connectivity index (χ1v) is 18.9. The van der Waals surface area contributed by atoms with Gasteiger partial charge >= 0.3 is 0 Å². The highest BCUT2D eigenvalue weighted by atomic mass is 16.3. The molecule has 0 aliphatic heterocycles. The molecule has 4 aromatic carbocycles. The van der Waals surface area contributed by atoms with Crippen molar-refractivity contribution in [1.82, 2.24) is 10.6 Å². The van der Waals surface area contributed by atoms with Crippen LogP contribution in [0.3, 0.4) is 0 Å². The van der Waals surface area contributed by atoms with Gasteiger partial charge in [-0.3, -0.25) is 9.59 Å². The van der Waals surface area contributed by atoms with Gasteiger partial charge in [-0.15, -0.1) is 0 Å². The van der Waals surface area contributed by atoms with Gasteiger partial charge in [0.2, 0.25) is 11.8 Å². The van der Waals surface area contributed by atoms with E-state index in [1.807, 2.05) is 84.9 Å². The number of benzene rings is 4.